The first-order valence-corrected chi connectivity index (χ1v) is 9.98. The zero-order valence-corrected chi connectivity index (χ0v) is 17.4. The lowest BCUT2D eigenvalue weighted by Gasteiger charge is -2.33. The van der Waals surface area contributed by atoms with Crippen molar-refractivity contribution in [3.05, 3.63) is 59.7 Å². The SMILES string of the molecule is Cc1ccc(NC(=O)C2CCN(C(=O)N(C)C)CC2)c(OCc2ccccc2)c1. The largest absolute Gasteiger partial charge is 0.487 e. The number of hydrogen-bond acceptors (Lipinski definition) is 3. The molecule has 0 aliphatic carbocycles. The Morgan fingerprint density at radius 1 is 1.10 bits per heavy atom. The maximum Gasteiger partial charge on any atom is 0.319 e. The lowest BCUT2D eigenvalue weighted by molar-refractivity contribution is -0.121. The van der Waals surface area contributed by atoms with Crippen LogP contribution in [-0.2, 0) is 11.4 Å². The third kappa shape index (κ3) is 5.50. The summed E-state index contributed by atoms with van der Waals surface area (Å²) in [6.07, 6.45) is 1.33. The number of nitrogens with zero attached hydrogens (tertiary/aromatic N) is 2. The fourth-order valence-corrected chi connectivity index (χ4v) is 3.44. The van der Waals surface area contributed by atoms with E-state index in [1.807, 2.05) is 55.5 Å². The van der Waals surface area contributed by atoms with Crippen LogP contribution in [0.4, 0.5) is 10.5 Å². The van der Waals surface area contributed by atoms with Crippen molar-refractivity contribution < 1.29 is 14.3 Å². The first kappa shape index (κ1) is 20.7. The van der Waals surface area contributed by atoms with E-state index in [0.29, 0.717) is 44.0 Å². The van der Waals surface area contributed by atoms with E-state index < -0.39 is 0 Å². The second kappa shape index (κ2) is 9.45. The molecule has 0 spiro atoms. The first-order chi connectivity index (χ1) is 13.9. The first-order valence-electron chi connectivity index (χ1n) is 9.98. The molecular weight excluding hydrogens is 366 g/mol. The molecule has 1 heterocycles. The molecule has 2 aromatic rings. The molecule has 0 unspecified atom stereocenters. The molecule has 1 aliphatic rings. The molecule has 0 saturated carbocycles. The highest BCUT2D eigenvalue weighted by atomic mass is 16.5. The maximum absolute atomic E-state index is 12.8. The number of aryl methyl sites for hydroxylation is 1. The number of carbonyl (C=O) groups excluding carboxylic acids is 2. The van der Waals surface area contributed by atoms with Crippen LogP contribution >= 0.6 is 0 Å². The van der Waals surface area contributed by atoms with Crippen LogP contribution in [0.25, 0.3) is 0 Å². The third-order valence-corrected chi connectivity index (χ3v) is 5.15. The van der Waals surface area contributed by atoms with E-state index in [9.17, 15) is 9.59 Å². The van der Waals surface area contributed by atoms with Crippen molar-refractivity contribution in [2.75, 3.05) is 32.5 Å². The van der Waals surface area contributed by atoms with Gasteiger partial charge in [0.1, 0.15) is 12.4 Å². The zero-order chi connectivity index (χ0) is 20.8. The summed E-state index contributed by atoms with van der Waals surface area (Å²) in [6.45, 7) is 3.64. The van der Waals surface area contributed by atoms with E-state index in [4.69, 9.17) is 4.74 Å². The minimum Gasteiger partial charge on any atom is -0.487 e. The molecule has 0 radical (unpaired) electrons. The summed E-state index contributed by atoms with van der Waals surface area (Å²) in [6, 6.07) is 15.7. The lowest BCUT2D eigenvalue weighted by Crippen LogP contribution is -2.45. The predicted octanol–water partition coefficient (Wildman–Crippen LogP) is 3.91. The monoisotopic (exact) mass is 395 g/mol. The molecule has 1 fully saturated rings. The maximum atomic E-state index is 12.8. The van der Waals surface area contributed by atoms with Crippen LogP contribution in [0.5, 0.6) is 5.75 Å². The second-order valence-corrected chi connectivity index (χ2v) is 7.70. The van der Waals surface area contributed by atoms with Crippen molar-refractivity contribution >= 4 is 17.6 Å². The molecule has 0 atom stereocenters. The van der Waals surface area contributed by atoms with Gasteiger partial charge >= 0.3 is 6.03 Å². The van der Waals surface area contributed by atoms with E-state index in [1.165, 1.54) is 0 Å². The molecule has 1 saturated heterocycles. The van der Waals surface area contributed by atoms with Gasteiger partial charge < -0.3 is 19.9 Å². The van der Waals surface area contributed by atoms with Crippen LogP contribution < -0.4 is 10.1 Å². The van der Waals surface area contributed by atoms with E-state index in [0.717, 1.165) is 11.1 Å². The van der Waals surface area contributed by atoms with Gasteiger partial charge in [0.05, 0.1) is 5.69 Å². The molecular formula is C23H29N3O3. The van der Waals surface area contributed by atoms with Gasteiger partial charge in [-0.1, -0.05) is 36.4 Å². The van der Waals surface area contributed by atoms with E-state index >= 15 is 0 Å². The van der Waals surface area contributed by atoms with Gasteiger partial charge in [0, 0.05) is 33.1 Å². The number of urea groups is 1. The Hall–Kier alpha value is -3.02. The van der Waals surface area contributed by atoms with Gasteiger partial charge in [-0.15, -0.1) is 0 Å². The van der Waals surface area contributed by atoms with Crippen LogP contribution in [0.15, 0.2) is 48.5 Å². The van der Waals surface area contributed by atoms with Gasteiger partial charge in [-0.05, 0) is 43.0 Å². The summed E-state index contributed by atoms with van der Waals surface area (Å²) >= 11 is 0. The quantitative estimate of drug-likeness (QED) is 0.835. The normalized spacial score (nSPS) is 14.4. The average molecular weight is 396 g/mol. The molecule has 3 rings (SSSR count). The zero-order valence-electron chi connectivity index (χ0n) is 17.4. The fourth-order valence-electron chi connectivity index (χ4n) is 3.44. The van der Waals surface area contributed by atoms with Crippen molar-refractivity contribution in [2.24, 2.45) is 5.92 Å². The number of hydrogen-bond donors (Lipinski definition) is 1. The van der Waals surface area contributed by atoms with Gasteiger partial charge in [0.2, 0.25) is 5.91 Å². The van der Waals surface area contributed by atoms with Gasteiger partial charge in [-0.3, -0.25) is 4.79 Å². The molecule has 6 heteroatoms. The number of amides is 3. The Labute approximate surface area is 172 Å². The van der Waals surface area contributed by atoms with Crippen molar-refractivity contribution in [1.82, 2.24) is 9.80 Å². The van der Waals surface area contributed by atoms with Crippen molar-refractivity contribution in [3.63, 3.8) is 0 Å². The summed E-state index contributed by atoms with van der Waals surface area (Å²) in [4.78, 5) is 28.2. The number of piperidine rings is 1. The Kier molecular flexibility index (Phi) is 6.75. The van der Waals surface area contributed by atoms with Crippen molar-refractivity contribution in [2.45, 2.75) is 26.4 Å². The molecule has 1 N–H and O–H groups in total. The summed E-state index contributed by atoms with van der Waals surface area (Å²) < 4.78 is 5.99. The average Bonchev–Trinajstić information content (AvgIpc) is 2.74. The molecule has 154 valence electrons. The predicted molar refractivity (Wildman–Crippen MR) is 114 cm³/mol. The summed E-state index contributed by atoms with van der Waals surface area (Å²) in [5.74, 6) is 0.544. The molecule has 3 amide bonds. The van der Waals surface area contributed by atoms with Crippen LogP contribution in [-0.4, -0.2) is 48.9 Å². The van der Waals surface area contributed by atoms with Crippen LogP contribution in [0.1, 0.15) is 24.0 Å². The highest BCUT2D eigenvalue weighted by Crippen LogP contribution is 2.28. The minimum atomic E-state index is -0.107. The topological polar surface area (TPSA) is 61.9 Å². The van der Waals surface area contributed by atoms with Crippen LogP contribution in [0.2, 0.25) is 0 Å². The van der Waals surface area contributed by atoms with Crippen molar-refractivity contribution in [3.8, 4) is 5.75 Å². The summed E-state index contributed by atoms with van der Waals surface area (Å²) in [7, 11) is 3.49. The Morgan fingerprint density at radius 3 is 2.45 bits per heavy atom. The summed E-state index contributed by atoms with van der Waals surface area (Å²) in [5, 5.41) is 3.03. The minimum absolute atomic E-state index is 0.000934. The molecule has 2 aromatic carbocycles. The lowest BCUT2D eigenvalue weighted by atomic mass is 9.96. The second-order valence-electron chi connectivity index (χ2n) is 7.70. The molecule has 29 heavy (non-hydrogen) atoms. The van der Waals surface area contributed by atoms with Gasteiger partial charge in [-0.25, -0.2) is 4.79 Å². The van der Waals surface area contributed by atoms with Crippen LogP contribution in [0, 0.1) is 12.8 Å². The number of carbonyl (C=O) groups is 2. The van der Waals surface area contributed by atoms with Gasteiger partial charge in [0.25, 0.3) is 0 Å². The Balaban J connectivity index is 1.61. The van der Waals surface area contributed by atoms with Crippen LogP contribution in [0.3, 0.4) is 0 Å². The highest BCUT2D eigenvalue weighted by Gasteiger charge is 2.28. The van der Waals surface area contributed by atoms with E-state index in [1.54, 1.807) is 23.9 Å². The fraction of sp³-hybridized carbons (Fsp3) is 0.391. The Bertz CT molecular complexity index is 844. The summed E-state index contributed by atoms with van der Waals surface area (Å²) in [5.41, 5.74) is 2.83. The Morgan fingerprint density at radius 2 is 1.79 bits per heavy atom. The highest BCUT2D eigenvalue weighted by molar-refractivity contribution is 5.94. The van der Waals surface area contributed by atoms with E-state index in [2.05, 4.69) is 5.32 Å². The van der Waals surface area contributed by atoms with Crippen molar-refractivity contribution in [1.29, 1.82) is 0 Å². The van der Waals surface area contributed by atoms with E-state index in [-0.39, 0.29) is 17.9 Å². The number of ether oxygens (including phenoxy) is 1. The number of anilines is 1. The standard InChI is InChI=1S/C23H29N3O3/c1-17-9-10-20(21(15-17)29-16-18-7-5-4-6-8-18)24-22(27)19-11-13-26(14-12-19)23(28)25(2)3/h4-10,15,19H,11-14,16H2,1-3H3,(H,24,27). The molecule has 0 aromatic heterocycles. The number of rotatable bonds is 5. The molecule has 1 aliphatic heterocycles. The number of likely N-dealkylation sites (tertiary alicyclic amines) is 1. The number of nitrogens with one attached hydrogen (secondary N) is 1. The smallest absolute Gasteiger partial charge is 0.319 e. The van der Waals surface area contributed by atoms with Gasteiger partial charge in [0.15, 0.2) is 0 Å². The molecule has 6 nitrogen and oxygen atoms in total. The van der Waals surface area contributed by atoms with Gasteiger partial charge in [-0.2, -0.15) is 0 Å². The number of benzene rings is 2. The third-order valence-electron chi connectivity index (χ3n) is 5.15. The molecule has 0 bridgehead atoms.